The van der Waals surface area contributed by atoms with Crippen LogP contribution in [0, 0.1) is 5.82 Å². The van der Waals surface area contributed by atoms with E-state index in [1.165, 1.54) is 11.6 Å². The van der Waals surface area contributed by atoms with Crippen molar-refractivity contribution in [1.82, 2.24) is 20.0 Å². The molecular formula is C22H23FN4O2. The van der Waals surface area contributed by atoms with E-state index in [-0.39, 0.29) is 17.4 Å². The minimum Gasteiger partial charge on any atom is -0.421 e. The smallest absolute Gasteiger partial charge is 0.250 e. The highest BCUT2D eigenvalue weighted by atomic mass is 19.1. The van der Waals surface area contributed by atoms with Crippen molar-refractivity contribution in [2.75, 3.05) is 26.2 Å². The zero-order valence-electron chi connectivity index (χ0n) is 16.1. The molecule has 150 valence electrons. The third-order valence-corrected chi connectivity index (χ3v) is 5.10. The number of aromatic nitrogens is 2. The van der Waals surface area contributed by atoms with Gasteiger partial charge in [-0.25, -0.2) is 4.39 Å². The number of rotatable bonds is 6. The maximum atomic E-state index is 13.8. The topological polar surface area (TPSA) is 62.5 Å². The molecule has 29 heavy (non-hydrogen) atoms. The van der Waals surface area contributed by atoms with Gasteiger partial charge in [-0.2, -0.15) is 0 Å². The molecule has 0 radical (unpaired) electrons. The molecule has 2 aromatic carbocycles. The van der Waals surface area contributed by atoms with Crippen LogP contribution in [0.15, 0.2) is 59.0 Å². The molecule has 0 bridgehead atoms. The van der Waals surface area contributed by atoms with Crippen molar-refractivity contribution in [3.05, 3.63) is 71.9 Å². The van der Waals surface area contributed by atoms with Crippen LogP contribution in [0.4, 0.5) is 4.39 Å². The lowest BCUT2D eigenvalue weighted by Gasteiger charge is -2.34. The summed E-state index contributed by atoms with van der Waals surface area (Å²) in [7, 11) is 0. The first kappa shape index (κ1) is 19.3. The summed E-state index contributed by atoms with van der Waals surface area (Å²) in [4.78, 5) is 16.8. The van der Waals surface area contributed by atoms with Crippen LogP contribution in [0.1, 0.15) is 17.9 Å². The molecule has 0 saturated carbocycles. The Labute approximate surface area is 169 Å². The second kappa shape index (κ2) is 8.96. The van der Waals surface area contributed by atoms with Gasteiger partial charge in [0.2, 0.25) is 11.8 Å². The van der Waals surface area contributed by atoms with Gasteiger partial charge in [0.1, 0.15) is 5.82 Å². The lowest BCUT2D eigenvalue weighted by Crippen LogP contribution is -2.48. The van der Waals surface area contributed by atoms with Crippen molar-refractivity contribution in [3.8, 4) is 11.5 Å². The van der Waals surface area contributed by atoms with Crippen molar-refractivity contribution in [1.29, 1.82) is 0 Å². The summed E-state index contributed by atoms with van der Waals surface area (Å²) in [5, 5.41) is 7.85. The van der Waals surface area contributed by atoms with E-state index in [9.17, 15) is 9.18 Å². The van der Waals surface area contributed by atoms with Gasteiger partial charge in [-0.15, -0.1) is 10.2 Å². The monoisotopic (exact) mass is 394 g/mol. The standard InChI is InChI=1S/C22H23FN4O2/c23-19-9-5-4-8-18(19)22-25-24-20(29-22)10-11-21(28)27-14-12-26(13-15-27)16-17-6-2-1-3-7-17/h1-9H,10-16H2. The molecule has 2 heterocycles. The predicted octanol–water partition coefficient (Wildman–Crippen LogP) is 3.15. The average molecular weight is 394 g/mol. The fourth-order valence-electron chi connectivity index (χ4n) is 3.47. The third-order valence-electron chi connectivity index (χ3n) is 5.10. The number of benzene rings is 2. The van der Waals surface area contributed by atoms with Gasteiger partial charge in [-0.3, -0.25) is 9.69 Å². The Kier molecular flexibility index (Phi) is 5.95. The molecule has 0 unspecified atom stereocenters. The van der Waals surface area contributed by atoms with E-state index >= 15 is 0 Å². The van der Waals surface area contributed by atoms with Crippen LogP contribution in [0.5, 0.6) is 0 Å². The van der Waals surface area contributed by atoms with Gasteiger partial charge in [0.15, 0.2) is 0 Å². The molecule has 1 aliphatic heterocycles. The van der Waals surface area contributed by atoms with Gasteiger partial charge >= 0.3 is 0 Å². The minimum absolute atomic E-state index is 0.0787. The summed E-state index contributed by atoms with van der Waals surface area (Å²) in [5.41, 5.74) is 1.56. The van der Waals surface area contributed by atoms with Crippen LogP contribution in [0.2, 0.25) is 0 Å². The molecule has 1 saturated heterocycles. The molecular weight excluding hydrogens is 371 g/mol. The fourth-order valence-corrected chi connectivity index (χ4v) is 3.47. The van der Waals surface area contributed by atoms with Gasteiger partial charge < -0.3 is 9.32 Å². The van der Waals surface area contributed by atoms with E-state index in [0.29, 0.717) is 18.7 Å². The molecule has 0 spiro atoms. The Balaban J connectivity index is 1.25. The van der Waals surface area contributed by atoms with E-state index < -0.39 is 5.82 Å². The summed E-state index contributed by atoms with van der Waals surface area (Å²) in [6.45, 7) is 4.06. The Bertz CT molecular complexity index is 952. The van der Waals surface area contributed by atoms with E-state index in [2.05, 4.69) is 27.2 Å². The molecule has 1 amide bonds. The molecule has 6 nitrogen and oxygen atoms in total. The van der Waals surface area contributed by atoms with Gasteiger partial charge in [-0.05, 0) is 17.7 Å². The SMILES string of the molecule is O=C(CCc1nnc(-c2ccccc2F)o1)N1CCN(Cc2ccccc2)CC1. The second-order valence-corrected chi connectivity index (χ2v) is 7.12. The molecule has 3 aromatic rings. The van der Waals surface area contributed by atoms with E-state index in [1.807, 2.05) is 23.1 Å². The quantitative estimate of drug-likeness (QED) is 0.643. The second-order valence-electron chi connectivity index (χ2n) is 7.12. The van der Waals surface area contributed by atoms with Crippen LogP contribution in [-0.4, -0.2) is 52.1 Å². The zero-order valence-corrected chi connectivity index (χ0v) is 16.1. The van der Waals surface area contributed by atoms with Crippen molar-refractivity contribution in [3.63, 3.8) is 0 Å². The largest absolute Gasteiger partial charge is 0.421 e. The number of nitrogens with zero attached hydrogens (tertiary/aromatic N) is 4. The number of carbonyl (C=O) groups excluding carboxylic acids is 1. The number of hydrogen-bond donors (Lipinski definition) is 0. The fraction of sp³-hybridized carbons (Fsp3) is 0.318. The summed E-state index contributed by atoms with van der Waals surface area (Å²) in [5.74, 6) is 0.154. The number of piperazine rings is 1. The Morgan fingerprint density at radius 2 is 1.69 bits per heavy atom. The molecule has 4 rings (SSSR count). The van der Waals surface area contributed by atoms with Crippen LogP contribution in [0.3, 0.4) is 0 Å². The highest BCUT2D eigenvalue weighted by Crippen LogP contribution is 2.21. The molecule has 0 atom stereocenters. The molecule has 0 N–H and O–H groups in total. The van der Waals surface area contributed by atoms with E-state index in [1.54, 1.807) is 18.2 Å². The lowest BCUT2D eigenvalue weighted by molar-refractivity contribution is -0.133. The van der Waals surface area contributed by atoms with Crippen LogP contribution in [-0.2, 0) is 17.8 Å². The highest BCUT2D eigenvalue weighted by Gasteiger charge is 2.22. The predicted molar refractivity (Wildman–Crippen MR) is 106 cm³/mol. The van der Waals surface area contributed by atoms with Crippen molar-refractivity contribution in [2.24, 2.45) is 0 Å². The van der Waals surface area contributed by atoms with Gasteiger partial charge in [0.25, 0.3) is 5.89 Å². The lowest BCUT2D eigenvalue weighted by atomic mass is 10.2. The molecule has 1 aromatic heterocycles. The highest BCUT2D eigenvalue weighted by molar-refractivity contribution is 5.76. The number of aryl methyl sites for hydroxylation is 1. The van der Waals surface area contributed by atoms with E-state index in [4.69, 9.17) is 4.42 Å². The molecule has 1 fully saturated rings. The number of halogens is 1. The van der Waals surface area contributed by atoms with Crippen molar-refractivity contribution in [2.45, 2.75) is 19.4 Å². The number of hydrogen-bond acceptors (Lipinski definition) is 5. The Hall–Kier alpha value is -3.06. The maximum absolute atomic E-state index is 13.8. The summed E-state index contributed by atoms with van der Waals surface area (Å²) >= 11 is 0. The van der Waals surface area contributed by atoms with Gasteiger partial charge in [-0.1, -0.05) is 42.5 Å². The Morgan fingerprint density at radius 3 is 2.45 bits per heavy atom. The summed E-state index contributed by atoms with van der Waals surface area (Å²) < 4.78 is 19.3. The maximum Gasteiger partial charge on any atom is 0.250 e. The van der Waals surface area contributed by atoms with Crippen LogP contribution in [0.25, 0.3) is 11.5 Å². The third kappa shape index (κ3) is 4.86. The van der Waals surface area contributed by atoms with Gasteiger partial charge in [0, 0.05) is 45.6 Å². The average Bonchev–Trinajstić information content (AvgIpc) is 3.22. The first-order valence-corrected chi connectivity index (χ1v) is 9.80. The minimum atomic E-state index is -0.410. The molecule has 7 heteroatoms. The molecule has 1 aliphatic rings. The van der Waals surface area contributed by atoms with Crippen LogP contribution < -0.4 is 0 Å². The summed E-state index contributed by atoms with van der Waals surface area (Å²) in [6, 6.07) is 16.6. The zero-order chi connectivity index (χ0) is 20.1. The van der Waals surface area contributed by atoms with E-state index in [0.717, 1.165) is 32.7 Å². The Morgan fingerprint density at radius 1 is 0.966 bits per heavy atom. The normalized spacial score (nSPS) is 14.9. The first-order chi connectivity index (χ1) is 14.2. The molecule has 0 aliphatic carbocycles. The van der Waals surface area contributed by atoms with Gasteiger partial charge in [0.05, 0.1) is 5.56 Å². The number of carbonyl (C=O) groups is 1. The first-order valence-electron chi connectivity index (χ1n) is 9.80. The van der Waals surface area contributed by atoms with Crippen LogP contribution >= 0.6 is 0 Å². The summed E-state index contributed by atoms with van der Waals surface area (Å²) in [6.07, 6.45) is 0.655. The van der Waals surface area contributed by atoms with Crippen molar-refractivity contribution >= 4 is 5.91 Å². The van der Waals surface area contributed by atoms with Crippen molar-refractivity contribution < 1.29 is 13.6 Å². The number of amides is 1.